The van der Waals surface area contributed by atoms with Gasteiger partial charge in [-0.25, -0.2) is 4.79 Å². The second kappa shape index (κ2) is 9.20. The van der Waals surface area contributed by atoms with E-state index in [0.29, 0.717) is 30.7 Å². The van der Waals surface area contributed by atoms with Crippen molar-refractivity contribution in [2.24, 2.45) is 17.8 Å². The van der Waals surface area contributed by atoms with E-state index in [1.54, 1.807) is 0 Å². The van der Waals surface area contributed by atoms with Crippen molar-refractivity contribution >= 4 is 6.09 Å². The number of hydrogen-bond acceptors (Lipinski definition) is 3. The second-order valence-corrected chi connectivity index (χ2v) is 5.68. The molecule has 0 aliphatic heterocycles. The number of carbonyl (C=O) groups excluding carboxylic acids is 1. The van der Waals surface area contributed by atoms with E-state index >= 15 is 0 Å². The molecule has 0 aliphatic rings. The Morgan fingerprint density at radius 3 is 2.33 bits per heavy atom. The number of ether oxygens (including phenoxy) is 1. The lowest BCUT2D eigenvalue weighted by atomic mass is 9.88. The van der Waals surface area contributed by atoms with E-state index < -0.39 is 12.2 Å². The number of aliphatic hydroxyl groups excluding tert-OH is 1. The van der Waals surface area contributed by atoms with E-state index in [0.717, 1.165) is 6.42 Å². The molecule has 0 spiro atoms. The van der Waals surface area contributed by atoms with Gasteiger partial charge in [-0.2, -0.15) is 0 Å². The van der Waals surface area contributed by atoms with Crippen molar-refractivity contribution in [3.63, 3.8) is 0 Å². The fourth-order valence-corrected chi connectivity index (χ4v) is 1.75. The molecular formula is C14H29NO3. The fourth-order valence-electron chi connectivity index (χ4n) is 1.75. The first-order valence-electron chi connectivity index (χ1n) is 6.95. The summed E-state index contributed by atoms with van der Waals surface area (Å²) in [5.74, 6) is 1.62. The van der Waals surface area contributed by atoms with Gasteiger partial charge in [0, 0.05) is 6.54 Å². The third-order valence-corrected chi connectivity index (χ3v) is 3.10. The van der Waals surface area contributed by atoms with Crippen LogP contribution in [0.25, 0.3) is 0 Å². The van der Waals surface area contributed by atoms with Gasteiger partial charge in [0.1, 0.15) is 6.61 Å². The lowest BCUT2D eigenvalue weighted by Gasteiger charge is -2.23. The van der Waals surface area contributed by atoms with E-state index in [1.165, 1.54) is 0 Å². The van der Waals surface area contributed by atoms with Crippen molar-refractivity contribution in [2.45, 2.75) is 53.6 Å². The minimum Gasteiger partial charge on any atom is -0.447 e. The fraction of sp³-hybridized carbons (Fsp3) is 0.929. The van der Waals surface area contributed by atoms with E-state index in [-0.39, 0.29) is 6.61 Å². The summed E-state index contributed by atoms with van der Waals surface area (Å²) in [7, 11) is 0. The molecule has 0 fully saturated rings. The largest absolute Gasteiger partial charge is 0.447 e. The van der Waals surface area contributed by atoms with Gasteiger partial charge in [0.05, 0.1) is 6.10 Å². The number of amides is 1. The van der Waals surface area contributed by atoms with Gasteiger partial charge in [-0.15, -0.1) is 0 Å². The van der Waals surface area contributed by atoms with E-state index in [2.05, 4.69) is 33.0 Å². The van der Waals surface area contributed by atoms with Crippen LogP contribution in [0.1, 0.15) is 47.5 Å². The van der Waals surface area contributed by atoms with Crippen LogP contribution in [0.2, 0.25) is 0 Å². The monoisotopic (exact) mass is 259 g/mol. The zero-order chi connectivity index (χ0) is 14.1. The molecule has 2 atom stereocenters. The lowest BCUT2D eigenvalue weighted by molar-refractivity contribution is 0.0653. The standard InChI is InChI=1S/C14H29NO3/c1-6-13(16)9-18-14(17)15-8-12(11(4)5)7-10(2)3/h10-13,16H,6-9H2,1-5H3,(H,15,17). The average molecular weight is 259 g/mol. The second-order valence-electron chi connectivity index (χ2n) is 5.68. The van der Waals surface area contributed by atoms with Gasteiger partial charge in [0.25, 0.3) is 0 Å². The Bertz CT molecular complexity index is 229. The van der Waals surface area contributed by atoms with Crippen LogP contribution in [0.3, 0.4) is 0 Å². The summed E-state index contributed by atoms with van der Waals surface area (Å²) in [5.41, 5.74) is 0. The maximum absolute atomic E-state index is 11.4. The Kier molecular flexibility index (Phi) is 8.81. The van der Waals surface area contributed by atoms with Crippen molar-refractivity contribution in [3.8, 4) is 0 Å². The minimum atomic E-state index is -0.563. The Hall–Kier alpha value is -0.770. The Morgan fingerprint density at radius 1 is 1.28 bits per heavy atom. The van der Waals surface area contributed by atoms with Crippen molar-refractivity contribution in [2.75, 3.05) is 13.2 Å². The quantitative estimate of drug-likeness (QED) is 0.704. The van der Waals surface area contributed by atoms with Crippen LogP contribution in [0.4, 0.5) is 4.79 Å². The number of nitrogens with one attached hydrogen (secondary N) is 1. The molecule has 4 nitrogen and oxygen atoms in total. The maximum atomic E-state index is 11.4. The molecule has 0 bridgehead atoms. The van der Waals surface area contributed by atoms with E-state index in [1.807, 2.05) is 6.92 Å². The summed E-state index contributed by atoms with van der Waals surface area (Å²) in [5, 5.41) is 12.1. The normalized spacial score (nSPS) is 14.7. The third-order valence-electron chi connectivity index (χ3n) is 3.10. The predicted octanol–water partition coefficient (Wildman–Crippen LogP) is 2.80. The van der Waals surface area contributed by atoms with Gasteiger partial charge in [0.2, 0.25) is 0 Å². The summed E-state index contributed by atoms with van der Waals surface area (Å²) in [6.07, 6.45) is 0.689. The van der Waals surface area contributed by atoms with Crippen LogP contribution in [-0.2, 0) is 4.74 Å². The SMILES string of the molecule is CCC(O)COC(=O)NCC(CC(C)C)C(C)C. The highest BCUT2D eigenvalue weighted by Crippen LogP contribution is 2.19. The zero-order valence-electron chi connectivity index (χ0n) is 12.4. The minimum absolute atomic E-state index is 0.0683. The third kappa shape index (κ3) is 8.34. The first-order valence-corrected chi connectivity index (χ1v) is 6.95. The zero-order valence-corrected chi connectivity index (χ0v) is 12.4. The number of alkyl carbamates (subject to hydrolysis) is 1. The topological polar surface area (TPSA) is 58.6 Å². The molecular weight excluding hydrogens is 230 g/mol. The summed E-state index contributed by atoms with van der Waals surface area (Å²) >= 11 is 0. The molecule has 0 saturated heterocycles. The predicted molar refractivity (Wildman–Crippen MR) is 73.4 cm³/mol. The van der Waals surface area contributed by atoms with Crippen LogP contribution in [0.5, 0.6) is 0 Å². The Labute approximate surface area is 111 Å². The molecule has 4 heteroatoms. The van der Waals surface area contributed by atoms with Gasteiger partial charge in [-0.1, -0.05) is 34.6 Å². The number of aliphatic hydroxyl groups is 1. The van der Waals surface area contributed by atoms with Crippen molar-refractivity contribution in [3.05, 3.63) is 0 Å². The van der Waals surface area contributed by atoms with Crippen molar-refractivity contribution in [1.82, 2.24) is 5.32 Å². The summed E-state index contributed by atoms with van der Waals surface area (Å²) in [6.45, 7) is 11.3. The van der Waals surface area contributed by atoms with E-state index in [9.17, 15) is 9.90 Å². The summed E-state index contributed by atoms with van der Waals surface area (Å²) in [6, 6.07) is 0. The van der Waals surface area contributed by atoms with Crippen LogP contribution in [-0.4, -0.2) is 30.5 Å². The molecule has 2 unspecified atom stereocenters. The van der Waals surface area contributed by atoms with Crippen LogP contribution in [0, 0.1) is 17.8 Å². The van der Waals surface area contributed by atoms with Gasteiger partial charge in [0.15, 0.2) is 0 Å². The average Bonchev–Trinajstić information content (AvgIpc) is 2.30. The molecule has 0 saturated carbocycles. The van der Waals surface area contributed by atoms with Crippen molar-refractivity contribution in [1.29, 1.82) is 0 Å². The van der Waals surface area contributed by atoms with Gasteiger partial charge < -0.3 is 15.2 Å². The molecule has 18 heavy (non-hydrogen) atoms. The lowest BCUT2D eigenvalue weighted by Crippen LogP contribution is -2.34. The Morgan fingerprint density at radius 2 is 1.89 bits per heavy atom. The molecule has 0 aromatic carbocycles. The van der Waals surface area contributed by atoms with Gasteiger partial charge >= 0.3 is 6.09 Å². The maximum Gasteiger partial charge on any atom is 0.407 e. The van der Waals surface area contributed by atoms with Crippen LogP contribution in [0.15, 0.2) is 0 Å². The molecule has 0 rings (SSSR count). The number of rotatable bonds is 8. The van der Waals surface area contributed by atoms with Gasteiger partial charge in [-0.3, -0.25) is 0 Å². The molecule has 0 aliphatic carbocycles. The van der Waals surface area contributed by atoms with Gasteiger partial charge in [-0.05, 0) is 30.6 Å². The highest BCUT2D eigenvalue weighted by Gasteiger charge is 2.16. The molecule has 0 heterocycles. The summed E-state index contributed by atoms with van der Waals surface area (Å²) < 4.78 is 4.93. The molecule has 0 radical (unpaired) electrons. The highest BCUT2D eigenvalue weighted by atomic mass is 16.6. The highest BCUT2D eigenvalue weighted by molar-refractivity contribution is 5.67. The van der Waals surface area contributed by atoms with Crippen molar-refractivity contribution < 1.29 is 14.6 Å². The Balaban J connectivity index is 3.92. The molecule has 2 N–H and O–H groups in total. The first kappa shape index (κ1) is 17.2. The molecule has 1 amide bonds. The molecule has 0 aromatic heterocycles. The molecule has 108 valence electrons. The summed E-state index contributed by atoms with van der Waals surface area (Å²) in [4.78, 5) is 11.4. The molecule has 0 aromatic rings. The van der Waals surface area contributed by atoms with E-state index in [4.69, 9.17) is 4.74 Å². The van der Waals surface area contributed by atoms with Crippen LogP contribution < -0.4 is 5.32 Å². The smallest absolute Gasteiger partial charge is 0.407 e. The first-order chi connectivity index (χ1) is 8.36. The number of carbonyl (C=O) groups is 1. The number of hydrogen-bond donors (Lipinski definition) is 2. The van der Waals surface area contributed by atoms with Crippen LogP contribution >= 0.6 is 0 Å².